The molecule has 2 heterocycles. The van der Waals surface area contributed by atoms with Gasteiger partial charge in [-0.2, -0.15) is 11.8 Å². The zero-order valence-electron chi connectivity index (χ0n) is 14.1. The molecule has 0 saturated carbocycles. The Balaban J connectivity index is 1.81. The number of rotatable bonds is 3. The number of nitrogens with zero attached hydrogens (tertiary/aromatic N) is 2. The summed E-state index contributed by atoms with van der Waals surface area (Å²) >= 11 is 1.92. The first-order valence-corrected chi connectivity index (χ1v) is 9.18. The van der Waals surface area contributed by atoms with E-state index in [1.54, 1.807) is 6.20 Å². The summed E-state index contributed by atoms with van der Waals surface area (Å²) in [4.78, 5) is 19.0. The quantitative estimate of drug-likeness (QED) is 0.926. The van der Waals surface area contributed by atoms with Crippen molar-refractivity contribution in [1.82, 2.24) is 15.2 Å². The Morgan fingerprint density at radius 1 is 1.21 bits per heavy atom. The van der Waals surface area contributed by atoms with Gasteiger partial charge in [0.15, 0.2) is 0 Å². The van der Waals surface area contributed by atoms with Crippen LogP contribution in [0.2, 0.25) is 0 Å². The van der Waals surface area contributed by atoms with E-state index in [0.29, 0.717) is 0 Å². The van der Waals surface area contributed by atoms with Crippen LogP contribution in [0.25, 0.3) is 0 Å². The second-order valence-corrected chi connectivity index (χ2v) is 8.41. The molecule has 1 aromatic carbocycles. The Morgan fingerprint density at radius 2 is 1.96 bits per heavy atom. The minimum Gasteiger partial charge on any atom is -0.327 e. The van der Waals surface area contributed by atoms with Gasteiger partial charge in [0.1, 0.15) is 0 Å². The maximum absolute atomic E-state index is 12.8. The van der Waals surface area contributed by atoms with Crippen LogP contribution >= 0.6 is 11.8 Å². The molecule has 1 aromatic heterocycles. The Kier molecular flexibility index (Phi) is 5.09. The molecule has 0 spiro atoms. The van der Waals surface area contributed by atoms with Crippen molar-refractivity contribution < 1.29 is 4.79 Å². The van der Waals surface area contributed by atoms with E-state index in [4.69, 9.17) is 0 Å². The molecule has 0 bridgehead atoms. The molecule has 3 rings (SSSR count). The first kappa shape index (κ1) is 16.8. The Labute approximate surface area is 147 Å². The topological polar surface area (TPSA) is 45.2 Å². The smallest absolute Gasteiger partial charge is 0.318 e. The molecule has 1 aliphatic heterocycles. The maximum Gasteiger partial charge on any atom is 0.318 e. The first-order valence-electron chi connectivity index (χ1n) is 8.19. The van der Waals surface area contributed by atoms with Crippen LogP contribution in [0.1, 0.15) is 31.0 Å². The molecule has 126 valence electrons. The van der Waals surface area contributed by atoms with Crippen LogP contribution in [-0.4, -0.2) is 39.5 Å². The van der Waals surface area contributed by atoms with Gasteiger partial charge in [0.05, 0.1) is 6.04 Å². The highest BCUT2D eigenvalue weighted by Gasteiger charge is 2.31. The lowest BCUT2D eigenvalue weighted by molar-refractivity contribution is 0.192. The molecule has 2 amide bonds. The second kappa shape index (κ2) is 7.26. The van der Waals surface area contributed by atoms with Crippen LogP contribution < -0.4 is 5.32 Å². The average molecular weight is 341 g/mol. The highest BCUT2D eigenvalue weighted by atomic mass is 32.2. The largest absolute Gasteiger partial charge is 0.327 e. The Bertz CT molecular complexity index is 636. The fourth-order valence-corrected chi connectivity index (χ4v) is 4.07. The number of urea groups is 1. The van der Waals surface area contributed by atoms with Crippen molar-refractivity contribution in [3.05, 3.63) is 66.0 Å². The molecule has 1 atom stereocenters. The van der Waals surface area contributed by atoms with Gasteiger partial charge in [-0.3, -0.25) is 4.98 Å². The molecule has 0 unspecified atom stereocenters. The molecule has 0 radical (unpaired) electrons. The van der Waals surface area contributed by atoms with Gasteiger partial charge in [0.25, 0.3) is 0 Å². The first-order chi connectivity index (χ1) is 11.6. The van der Waals surface area contributed by atoms with Gasteiger partial charge in [0, 0.05) is 36.0 Å². The van der Waals surface area contributed by atoms with Gasteiger partial charge in [0.2, 0.25) is 0 Å². The summed E-state index contributed by atoms with van der Waals surface area (Å²) in [5.41, 5.74) is 2.05. The third-order valence-electron chi connectivity index (χ3n) is 4.13. The van der Waals surface area contributed by atoms with Crippen molar-refractivity contribution in [2.75, 3.05) is 18.8 Å². The van der Waals surface area contributed by atoms with Crippen molar-refractivity contribution in [2.24, 2.45) is 0 Å². The summed E-state index contributed by atoms with van der Waals surface area (Å²) in [6.45, 7) is 5.92. The molecule has 0 aliphatic carbocycles. The number of pyridine rings is 1. The molecule has 24 heavy (non-hydrogen) atoms. The van der Waals surface area contributed by atoms with E-state index in [0.717, 1.165) is 30.0 Å². The van der Waals surface area contributed by atoms with Crippen LogP contribution in [0, 0.1) is 0 Å². The fourth-order valence-electron chi connectivity index (χ4n) is 2.96. The summed E-state index contributed by atoms with van der Waals surface area (Å²) in [7, 11) is 0. The highest BCUT2D eigenvalue weighted by Crippen LogP contribution is 2.30. The third-order valence-corrected chi connectivity index (χ3v) is 5.43. The number of carbonyl (C=O) groups is 1. The average Bonchev–Trinajstić information content (AvgIpc) is 2.60. The zero-order chi connectivity index (χ0) is 17.0. The van der Waals surface area contributed by atoms with Crippen molar-refractivity contribution in [3.63, 3.8) is 0 Å². The molecular formula is C19H23N3OS. The molecule has 1 N–H and O–H groups in total. The van der Waals surface area contributed by atoms with E-state index >= 15 is 0 Å². The highest BCUT2D eigenvalue weighted by molar-refractivity contribution is 8.00. The second-order valence-electron chi connectivity index (χ2n) is 6.61. The standard InChI is InChI=1S/C19H23N3OS/c1-19(2)14-22(11-12-24-19)18(23)21-17(15-7-4-3-5-8-15)16-9-6-10-20-13-16/h3-10,13,17H,11-12,14H2,1-2H3,(H,21,23)/t17-/m1/s1. The third kappa shape index (κ3) is 4.09. The molecule has 1 saturated heterocycles. The summed E-state index contributed by atoms with van der Waals surface area (Å²) in [6, 6.07) is 13.7. The molecule has 2 aromatic rings. The van der Waals surface area contributed by atoms with Crippen molar-refractivity contribution in [3.8, 4) is 0 Å². The molecule has 4 nitrogen and oxygen atoms in total. The summed E-state index contributed by atoms with van der Waals surface area (Å²) in [6.07, 6.45) is 3.56. The lowest BCUT2D eigenvalue weighted by Gasteiger charge is -2.38. The van der Waals surface area contributed by atoms with Gasteiger partial charge in [-0.1, -0.05) is 36.4 Å². The summed E-state index contributed by atoms with van der Waals surface area (Å²) in [5.74, 6) is 0.976. The number of nitrogens with one attached hydrogen (secondary N) is 1. The summed E-state index contributed by atoms with van der Waals surface area (Å²) < 4.78 is 0.103. The van der Waals surface area contributed by atoms with Gasteiger partial charge in [-0.05, 0) is 31.0 Å². The van der Waals surface area contributed by atoms with Gasteiger partial charge in [-0.25, -0.2) is 4.79 Å². The Hall–Kier alpha value is -2.01. The van der Waals surface area contributed by atoms with E-state index < -0.39 is 0 Å². The molecule has 5 heteroatoms. The minimum atomic E-state index is -0.190. The number of amides is 2. The lowest BCUT2D eigenvalue weighted by atomic mass is 10.0. The predicted octanol–water partition coefficient (Wildman–Crippen LogP) is 3.71. The van der Waals surface area contributed by atoms with E-state index in [1.165, 1.54) is 0 Å². The minimum absolute atomic E-state index is 0.0129. The van der Waals surface area contributed by atoms with E-state index in [2.05, 4.69) is 24.1 Å². The van der Waals surface area contributed by atoms with Crippen LogP contribution in [0.4, 0.5) is 4.79 Å². The van der Waals surface area contributed by atoms with Crippen molar-refractivity contribution in [1.29, 1.82) is 0 Å². The Morgan fingerprint density at radius 3 is 2.62 bits per heavy atom. The van der Waals surface area contributed by atoms with Crippen LogP contribution in [0.15, 0.2) is 54.9 Å². The van der Waals surface area contributed by atoms with E-state index in [-0.39, 0.29) is 16.8 Å². The van der Waals surface area contributed by atoms with Crippen LogP contribution in [-0.2, 0) is 0 Å². The summed E-state index contributed by atoms with van der Waals surface area (Å²) in [5, 5.41) is 3.19. The van der Waals surface area contributed by atoms with Crippen molar-refractivity contribution >= 4 is 17.8 Å². The molecule has 1 fully saturated rings. The monoisotopic (exact) mass is 341 g/mol. The van der Waals surface area contributed by atoms with Gasteiger partial charge < -0.3 is 10.2 Å². The van der Waals surface area contributed by atoms with Gasteiger partial charge in [-0.15, -0.1) is 0 Å². The number of benzene rings is 1. The SMILES string of the molecule is CC1(C)CN(C(=O)N[C@H](c2ccccc2)c2cccnc2)CCS1. The van der Waals surface area contributed by atoms with E-state index in [9.17, 15) is 4.79 Å². The molecular weight excluding hydrogens is 318 g/mol. The van der Waals surface area contributed by atoms with Gasteiger partial charge >= 0.3 is 6.03 Å². The van der Waals surface area contributed by atoms with Crippen LogP contribution in [0.5, 0.6) is 0 Å². The lowest BCUT2D eigenvalue weighted by Crippen LogP contribution is -2.50. The number of thioether (sulfide) groups is 1. The van der Waals surface area contributed by atoms with Crippen LogP contribution in [0.3, 0.4) is 0 Å². The number of aromatic nitrogens is 1. The number of hydrogen-bond acceptors (Lipinski definition) is 3. The predicted molar refractivity (Wildman–Crippen MR) is 99.2 cm³/mol. The molecule has 1 aliphatic rings. The number of carbonyl (C=O) groups excluding carboxylic acids is 1. The fraction of sp³-hybridized carbons (Fsp3) is 0.368. The van der Waals surface area contributed by atoms with E-state index in [1.807, 2.05) is 65.3 Å². The maximum atomic E-state index is 12.8. The van der Waals surface area contributed by atoms with Crippen molar-refractivity contribution in [2.45, 2.75) is 24.6 Å². The normalized spacial score (nSPS) is 18.0. The zero-order valence-corrected chi connectivity index (χ0v) is 14.9. The number of hydrogen-bond donors (Lipinski definition) is 1.